The minimum atomic E-state index is -0.776. The molecule has 21 heavy (non-hydrogen) atoms. The van der Waals surface area contributed by atoms with Crippen molar-refractivity contribution in [3.8, 4) is 0 Å². The molecule has 0 saturated carbocycles. The third-order valence-corrected chi connectivity index (χ3v) is 4.25. The number of rotatable bonds is 3. The van der Waals surface area contributed by atoms with Crippen LogP contribution in [0.2, 0.25) is 0 Å². The second-order valence-corrected chi connectivity index (χ2v) is 5.98. The van der Waals surface area contributed by atoms with Gasteiger partial charge >= 0.3 is 5.97 Å². The Morgan fingerprint density at radius 2 is 2.05 bits per heavy atom. The molecule has 0 radical (unpaired) electrons. The molecule has 0 N–H and O–H groups in total. The van der Waals surface area contributed by atoms with Crippen LogP contribution in [0.1, 0.15) is 12.5 Å². The molecule has 0 bridgehead atoms. The number of carbonyl (C=O) groups excluding carboxylic acids is 2. The van der Waals surface area contributed by atoms with Crippen LogP contribution < -0.4 is 0 Å². The number of methoxy groups -OCH3 is 1. The van der Waals surface area contributed by atoms with Crippen LogP contribution in [0.5, 0.6) is 0 Å². The zero-order valence-electron chi connectivity index (χ0n) is 11.3. The Bertz CT molecular complexity index is 628. The largest absolute Gasteiger partial charge is 0.467 e. The van der Waals surface area contributed by atoms with E-state index in [4.69, 9.17) is 12.2 Å². The number of amides is 1. The van der Waals surface area contributed by atoms with Crippen molar-refractivity contribution in [1.82, 2.24) is 4.90 Å². The number of benzene rings is 1. The molecular formula is C14H12FNO3S2. The number of carbonyl (C=O) groups is 2. The Kier molecular flexibility index (Phi) is 4.74. The highest BCUT2D eigenvalue weighted by molar-refractivity contribution is 8.26. The number of nitrogens with zero attached hydrogens (tertiary/aromatic N) is 1. The molecule has 7 heteroatoms. The molecule has 1 aliphatic heterocycles. The second-order valence-electron chi connectivity index (χ2n) is 4.30. The van der Waals surface area contributed by atoms with Gasteiger partial charge in [-0.25, -0.2) is 9.18 Å². The number of halogens is 1. The van der Waals surface area contributed by atoms with Gasteiger partial charge in [-0.3, -0.25) is 9.69 Å². The van der Waals surface area contributed by atoms with E-state index in [1.807, 2.05) is 0 Å². The first-order chi connectivity index (χ1) is 9.93. The van der Waals surface area contributed by atoms with Gasteiger partial charge in [-0.2, -0.15) is 0 Å². The van der Waals surface area contributed by atoms with E-state index >= 15 is 0 Å². The van der Waals surface area contributed by atoms with Gasteiger partial charge in [0, 0.05) is 0 Å². The summed E-state index contributed by atoms with van der Waals surface area (Å²) in [7, 11) is 1.25. The first kappa shape index (κ1) is 15.7. The smallest absolute Gasteiger partial charge is 0.328 e. The summed E-state index contributed by atoms with van der Waals surface area (Å²) in [6, 6.07) is 4.96. The standard InChI is InChI=1S/C14H12FNO3S2/c1-8(13(18)19-2)16-12(17)11(21-14(16)20)7-9-3-5-10(15)6-4-9/h3-8H,1-2H3/b11-7+/t8-/m0/s1. The Morgan fingerprint density at radius 1 is 1.43 bits per heavy atom. The molecule has 1 heterocycles. The lowest BCUT2D eigenvalue weighted by molar-refractivity contribution is -0.147. The molecule has 1 aromatic rings. The predicted octanol–water partition coefficient (Wildman–Crippen LogP) is 2.59. The lowest BCUT2D eigenvalue weighted by Crippen LogP contribution is -2.42. The molecular weight excluding hydrogens is 313 g/mol. The highest BCUT2D eigenvalue weighted by Crippen LogP contribution is 2.34. The third kappa shape index (κ3) is 3.30. The molecule has 1 aromatic carbocycles. The summed E-state index contributed by atoms with van der Waals surface area (Å²) in [4.78, 5) is 25.5. The van der Waals surface area contributed by atoms with Gasteiger partial charge in [-0.15, -0.1) is 0 Å². The fourth-order valence-electron chi connectivity index (χ4n) is 1.80. The topological polar surface area (TPSA) is 46.6 Å². The molecule has 1 aliphatic rings. The van der Waals surface area contributed by atoms with E-state index in [2.05, 4.69) is 4.74 Å². The highest BCUT2D eigenvalue weighted by atomic mass is 32.2. The summed E-state index contributed by atoms with van der Waals surface area (Å²) in [6.07, 6.45) is 1.61. The Balaban J connectivity index is 2.25. The van der Waals surface area contributed by atoms with Crippen molar-refractivity contribution >= 4 is 46.3 Å². The van der Waals surface area contributed by atoms with Crippen molar-refractivity contribution in [1.29, 1.82) is 0 Å². The van der Waals surface area contributed by atoms with Gasteiger partial charge in [0.15, 0.2) is 0 Å². The van der Waals surface area contributed by atoms with Crippen molar-refractivity contribution in [2.75, 3.05) is 7.11 Å². The van der Waals surface area contributed by atoms with E-state index in [1.165, 1.54) is 24.1 Å². The fraction of sp³-hybridized carbons (Fsp3) is 0.214. The highest BCUT2D eigenvalue weighted by Gasteiger charge is 2.38. The molecule has 1 saturated heterocycles. The van der Waals surface area contributed by atoms with Crippen LogP contribution >= 0.6 is 24.0 Å². The van der Waals surface area contributed by atoms with Crippen LogP contribution in [0.15, 0.2) is 29.2 Å². The fourth-order valence-corrected chi connectivity index (χ4v) is 3.22. The van der Waals surface area contributed by atoms with Crippen LogP contribution in [-0.4, -0.2) is 34.2 Å². The maximum Gasteiger partial charge on any atom is 0.328 e. The van der Waals surface area contributed by atoms with E-state index in [1.54, 1.807) is 25.1 Å². The monoisotopic (exact) mass is 325 g/mol. The molecule has 1 fully saturated rings. The quantitative estimate of drug-likeness (QED) is 0.486. The molecule has 2 rings (SSSR count). The number of esters is 1. The van der Waals surface area contributed by atoms with Crippen molar-refractivity contribution in [3.05, 3.63) is 40.6 Å². The molecule has 0 unspecified atom stereocenters. The molecule has 4 nitrogen and oxygen atoms in total. The average molecular weight is 325 g/mol. The van der Waals surface area contributed by atoms with Gasteiger partial charge < -0.3 is 4.74 Å². The summed E-state index contributed by atoms with van der Waals surface area (Å²) in [5, 5.41) is 0. The lowest BCUT2D eigenvalue weighted by Gasteiger charge is -2.20. The third-order valence-electron chi connectivity index (χ3n) is 2.92. The zero-order valence-corrected chi connectivity index (χ0v) is 13.0. The van der Waals surface area contributed by atoms with E-state index in [-0.39, 0.29) is 11.7 Å². The summed E-state index contributed by atoms with van der Waals surface area (Å²) in [5.41, 5.74) is 0.683. The van der Waals surface area contributed by atoms with Crippen molar-refractivity contribution in [2.24, 2.45) is 0 Å². The average Bonchev–Trinajstić information content (AvgIpc) is 2.74. The van der Waals surface area contributed by atoms with E-state index in [0.717, 1.165) is 11.8 Å². The van der Waals surface area contributed by atoms with Crippen molar-refractivity contribution < 1.29 is 18.7 Å². The molecule has 1 amide bonds. The zero-order chi connectivity index (χ0) is 15.6. The first-order valence-corrected chi connectivity index (χ1v) is 7.27. The minimum absolute atomic E-state index is 0.297. The van der Waals surface area contributed by atoms with E-state index < -0.39 is 12.0 Å². The van der Waals surface area contributed by atoms with Crippen molar-refractivity contribution in [3.63, 3.8) is 0 Å². The molecule has 0 aliphatic carbocycles. The molecule has 0 spiro atoms. The van der Waals surface area contributed by atoms with Gasteiger partial charge in [-0.1, -0.05) is 36.1 Å². The van der Waals surface area contributed by atoms with Gasteiger partial charge in [0.25, 0.3) is 5.91 Å². The minimum Gasteiger partial charge on any atom is -0.467 e. The Labute approximate surface area is 130 Å². The number of thiocarbonyl (C=S) groups is 1. The van der Waals surface area contributed by atoms with Gasteiger partial charge in [0.05, 0.1) is 12.0 Å². The molecule has 1 atom stereocenters. The van der Waals surface area contributed by atoms with Crippen molar-refractivity contribution in [2.45, 2.75) is 13.0 Å². The maximum atomic E-state index is 12.9. The van der Waals surface area contributed by atoms with Crippen LogP contribution in [0.25, 0.3) is 6.08 Å². The number of ether oxygens (including phenoxy) is 1. The first-order valence-electron chi connectivity index (χ1n) is 6.04. The normalized spacial score (nSPS) is 18.2. The summed E-state index contributed by atoms with van der Waals surface area (Å²) >= 11 is 6.24. The van der Waals surface area contributed by atoms with Gasteiger partial charge in [0.2, 0.25) is 0 Å². The number of hydrogen-bond acceptors (Lipinski definition) is 5. The van der Waals surface area contributed by atoms with Gasteiger partial charge in [-0.05, 0) is 30.7 Å². The lowest BCUT2D eigenvalue weighted by atomic mass is 10.2. The summed E-state index contributed by atoms with van der Waals surface area (Å²) in [5.74, 6) is -1.24. The molecule has 0 aromatic heterocycles. The van der Waals surface area contributed by atoms with E-state index in [9.17, 15) is 14.0 Å². The second kappa shape index (κ2) is 6.36. The van der Waals surface area contributed by atoms with Gasteiger partial charge in [0.1, 0.15) is 16.2 Å². The molecule has 110 valence electrons. The SMILES string of the molecule is COC(=O)[C@H](C)N1C(=O)/C(=C\c2ccc(F)cc2)SC1=S. The number of thioether (sulfide) groups is 1. The Morgan fingerprint density at radius 3 is 2.62 bits per heavy atom. The number of hydrogen-bond donors (Lipinski definition) is 0. The predicted molar refractivity (Wildman–Crippen MR) is 82.9 cm³/mol. The van der Waals surface area contributed by atoms with Crippen LogP contribution in [0.3, 0.4) is 0 Å². The summed E-state index contributed by atoms with van der Waals surface area (Å²) < 4.78 is 17.8. The van der Waals surface area contributed by atoms with Crippen LogP contribution in [0.4, 0.5) is 4.39 Å². The van der Waals surface area contributed by atoms with Crippen LogP contribution in [0, 0.1) is 5.82 Å². The maximum absolute atomic E-state index is 12.9. The van der Waals surface area contributed by atoms with E-state index in [0.29, 0.717) is 14.8 Å². The van der Waals surface area contributed by atoms with Crippen LogP contribution in [-0.2, 0) is 14.3 Å². The summed E-state index contributed by atoms with van der Waals surface area (Å²) in [6.45, 7) is 1.55. The Hall–Kier alpha value is -1.73.